The van der Waals surface area contributed by atoms with Gasteiger partial charge in [0, 0.05) is 31.4 Å². The molecule has 4 nitrogen and oxygen atoms in total. The number of carbonyl (C=O) groups excluding carboxylic acids is 1. The average molecular weight is 537 g/mol. The van der Waals surface area contributed by atoms with Crippen LogP contribution in [0.4, 0.5) is 8.78 Å². The van der Waals surface area contributed by atoms with Crippen molar-refractivity contribution >= 4 is 11.5 Å². The fraction of sp³-hybridized carbons (Fsp3) is 0.576. The SMILES string of the molecule is COC(=O)c1ccc2c(c1)CCCC(C1CCC(C)(C)CC1)=C2c1ncc(CC2CN(CCCF)C2)cc1F. The molecule has 2 fully saturated rings. The molecular weight excluding hydrogens is 494 g/mol. The number of pyridine rings is 1. The summed E-state index contributed by atoms with van der Waals surface area (Å²) in [5.74, 6) is 0.266. The van der Waals surface area contributed by atoms with Crippen molar-refractivity contribution in [2.75, 3.05) is 33.4 Å². The highest BCUT2D eigenvalue weighted by atomic mass is 19.1. The number of carbonyl (C=O) groups is 1. The number of benzene rings is 1. The van der Waals surface area contributed by atoms with Gasteiger partial charge in [-0.1, -0.05) is 25.5 Å². The van der Waals surface area contributed by atoms with Gasteiger partial charge in [0.05, 0.1) is 19.3 Å². The van der Waals surface area contributed by atoms with Crippen LogP contribution in [0.1, 0.15) is 91.5 Å². The highest BCUT2D eigenvalue weighted by Crippen LogP contribution is 2.46. The second-order valence-corrected chi connectivity index (χ2v) is 12.6. The highest BCUT2D eigenvalue weighted by molar-refractivity contribution is 5.91. The second kappa shape index (κ2) is 11.9. The van der Waals surface area contributed by atoms with Gasteiger partial charge < -0.3 is 9.64 Å². The van der Waals surface area contributed by atoms with Crippen molar-refractivity contribution in [1.29, 1.82) is 0 Å². The molecule has 2 heterocycles. The van der Waals surface area contributed by atoms with Gasteiger partial charge in [-0.25, -0.2) is 9.18 Å². The summed E-state index contributed by atoms with van der Waals surface area (Å²) >= 11 is 0. The summed E-state index contributed by atoms with van der Waals surface area (Å²) in [7, 11) is 1.40. The van der Waals surface area contributed by atoms with E-state index >= 15 is 4.39 Å². The molecule has 0 spiro atoms. The van der Waals surface area contributed by atoms with E-state index in [-0.39, 0.29) is 18.5 Å². The smallest absolute Gasteiger partial charge is 0.337 e. The molecule has 2 aliphatic carbocycles. The monoisotopic (exact) mass is 536 g/mol. The van der Waals surface area contributed by atoms with E-state index < -0.39 is 0 Å². The van der Waals surface area contributed by atoms with Gasteiger partial charge in [-0.2, -0.15) is 0 Å². The van der Waals surface area contributed by atoms with Crippen LogP contribution in [0.15, 0.2) is 36.0 Å². The molecule has 6 heteroatoms. The minimum Gasteiger partial charge on any atom is -0.465 e. The van der Waals surface area contributed by atoms with Crippen LogP contribution in [-0.2, 0) is 17.6 Å². The fourth-order valence-electron chi connectivity index (χ4n) is 6.87. The van der Waals surface area contributed by atoms with E-state index in [2.05, 4.69) is 18.7 Å². The highest BCUT2D eigenvalue weighted by Gasteiger charge is 2.33. The lowest BCUT2D eigenvalue weighted by atomic mass is 9.69. The Morgan fingerprint density at radius 3 is 2.62 bits per heavy atom. The Kier molecular flexibility index (Phi) is 8.51. The molecule has 1 saturated heterocycles. The summed E-state index contributed by atoms with van der Waals surface area (Å²) in [5, 5.41) is 0. The molecule has 0 N–H and O–H groups in total. The third-order valence-electron chi connectivity index (χ3n) is 9.14. The lowest BCUT2D eigenvalue weighted by molar-refractivity contribution is 0.0600. The zero-order chi connectivity index (χ0) is 27.6. The Morgan fingerprint density at radius 2 is 1.92 bits per heavy atom. The van der Waals surface area contributed by atoms with Crippen LogP contribution < -0.4 is 0 Å². The van der Waals surface area contributed by atoms with Crippen LogP contribution in [0.5, 0.6) is 0 Å². The lowest BCUT2D eigenvalue weighted by Crippen LogP contribution is -2.47. The Bertz CT molecular complexity index is 1220. The first-order chi connectivity index (χ1) is 18.8. The minimum atomic E-state index is -0.352. The van der Waals surface area contributed by atoms with Gasteiger partial charge in [0.15, 0.2) is 0 Å². The van der Waals surface area contributed by atoms with Crippen molar-refractivity contribution < 1.29 is 18.3 Å². The van der Waals surface area contributed by atoms with Gasteiger partial charge in [-0.3, -0.25) is 9.37 Å². The molecule has 0 amide bonds. The van der Waals surface area contributed by atoms with E-state index in [0.29, 0.717) is 34.9 Å². The second-order valence-electron chi connectivity index (χ2n) is 12.6. The van der Waals surface area contributed by atoms with E-state index in [1.165, 1.54) is 25.5 Å². The van der Waals surface area contributed by atoms with Gasteiger partial charge in [-0.15, -0.1) is 0 Å². The number of halogens is 2. The van der Waals surface area contributed by atoms with E-state index in [4.69, 9.17) is 9.72 Å². The average Bonchev–Trinajstić information content (AvgIpc) is 3.08. The number of hydrogen-bond acceptors (Lipinski definition) is 4. The van der Waals surface area contributed by atoms with Crippen LogP contribution in [0.3, 0.4) is 0 Å². The molecule has 5 rings (SSSR count). The molecule has 39 heavy (non-hydrogen) atoms. The number of aryl methyl sites for hydroxylation is 1. The van der Waals surface area contributed by atoms with Crippen LogP contribution in [-0.4, -0.2) is 49.3 Å². The van der Waals surface area contributed by atoms with E-state index in [1.54, 1.807) is 12.1 Å². The predicted octanol–water partition coefficient (Wildman–Crippen LogP) is 7.20. The van der Waals surface area contributed by atoms with Gasteiger partial charge in [0.25, 0.3) is 0 Å². The van der Waals surface area contributed by atoms with Crippen LogP contribution in [0, 0.1) is 23.1 Å². The lowest BCUT2D eigenvalue weighted by Gasteiger charge is -2.39. The number of hydrogen-bond donors (Lipinski definition) is 0. The van der Waals surface area contributed by atoms with Gasteiger partial charge in [-0.05, 0) is 110 Å². The minimum absolute atomic E-state index is 0.269. The number of alkyl halides is 1. The molecule has 3 aliphatic rings. The van der Waals surface area contributed by atoms with Crippen LogP contribution >= 0.6 is 0 Å². The normalized spacial score (nSPS) is 20.3. The number of methoxy groups -OCH3 is 1. The molecule has 1 aromatic carbocycles. The summed E-state index contributed by atoms with van der Waals surface area (Å²) in [6.07, 6.45) is 10.5. The Labute approximate surface area is 231 Å². The first kappa shape index (κ1) is 27.9. The van der Waals surface area contributed by atoms with Crippen molar-refractivity contribution in [3.8, 4) is 0 Å². The number of ether oxygens (including phenoxy) is 1. The quantitative estimate of drug-likeness (QED) is 0.335. The molecule has 0 unspecified atom stereocenters. The largest absolute Gasteiger partial charge is 0.465 e. The third kappa shape index (κ3) is 6.26. The van der Waals surface area contributed by atoms with Crippen molar-refractivity contribution in [3.63, 3.8) is 0 Å². The molecule has 1 aromatic heterocycles. The van der Waals surface area contributed by atoms with E-state index in [0.717, 1.165) is 80.4 Å². The Hall–Kier alpha value is -2.60. The van der Waals surface area contributed by atoms with Crippen LogP contribution in [0.2, 0.25) is 0 Å². The molecular formula is C33H42F2N2O2. The number of aromatic nitrogens is 1. The number of rotatable bonds is 8. The topological polar surface area (TPSA) is 42.4 Å². The van der Waals surface area contributed by atoms with E-state index in [1.807, 2.05) is 18.3 Å². The van der Waals surface area contributed by atoms with Gasteiger partial charge in [0.2, 0.25) is 0 Å². The van der Waals surface area contributed by atoms with Crippen molar-refractivity contribution in [2.24, 2.45) is 17.3 Å². The fourth-order valence-corrected chi connectivity index (χ4v) is 6.87. The standard InChI is InChI=1S/C33H42F2N2O2/c1-33(2)12-10-24(11-13-33)27-7-4-6-25-18-26(32(38)39-3)8-9-28(25)30(27)31-29(35)17-22(19-36-31)16-23-20-37(21-23)15-5-14-34/h8-9,17-19,23-24H,4-7,10-16,20-21H2,1-3H3. The Morgan fingerprint density at radius 1 is 1.15 bits per heavy atom. The zero-order valence-electron chi connectivity index (χ0n) is 23.7. The summed E-state index contributed by atoms with van der Waals surface area (Å²) in [4.78, 5) is 19.3. The summed E-state index contributed by atoms with van der Waals surface area (Å²) in [5.41, 5.74) is 6.57. The van der Waals surface area contributed by atoms with Crippen molar-refractivity contribution in [2.45, 2.75) is 71.6 Å². The molecule has 2 aromatic rings. The van der Waals surface area contributed by atoms with Crippen molar-refractivity contribution in [3.05, 3.63) is 69.8 Å². The maximum Gasteiger partial charge on any atom is 0.337 e. The summed E-state index contributed by atoms with van der Waals surface area (Å²) in [6, 6.07) is 7.37. The number of esters is 1. The molecule has 0 atom stereocenters. The molecule has 0 radical (unpaired) electrons. The number of fused-ring (bicyclic) bond motifs is 1. The van der Waals surface area contributed by atoms with E-state index in [9.17, 15) is 9.18 Å². The van der Waals surface area contributed by atoms with Crippen molar-refractivity contribution in [1.82, 2.24) is 9.88 Å². The number of likely N-dealkylation sites (tertiary alicyclic amines) is 1. The molecule has 1 aliphatic heterocycles. The maximum atomic E-state index is 16.0. The third-order valence-corrected chi connectivity index (χ3v) is 9.14. The summed E-state index contributed by atoms with van der Waals surface area (Å²) < 4.78 is 33.4. The first-order valence-corrected chi connectivity index (χ1v) is 14.7. The molecule has 0 bridgehead atoms. The molecule has 210 valence electrons. The zero-order valence-corrected chi connectivity index (χ0v) is 23.7. The predicted molar refractivity (Wildman–Crippen MR) is 151 cm³/mol. The van der Waals surface area contributed by atoms with Crippen LogP contribution in [0.25, 0.3) is 5.57 Å². The Balaban J connectivity index is 1.48. The maximum absolute atomic E-state index is 16.0. The number of allylic oxidation sites excluding steroid dienone is 1. The number of nitrogens with zero attached hydrogens (tertiary/aromatic N) is 2. The molecule has 1 saturated carbocycles. The summed E-state index contributed by atoms with van der Waals surface area (Å²) in [6.45, 7) is 7.08. The van der Waals surface area contributed by atoms with Gasteiger partial charge >= 0.3 is 5.97 Å². The van der Waals surface area contributed by atoms with Gasteiger partial charge in [0.1, 0.15) is 11.5 Å². The first-order valence-electron chi connectivity index (χ1n) is 14.7.